The molecule has 6 N–H and O–H groups in total. The van der Waals surface area contributed by atoms with E-state index in [1.54, 1.807) is 19.1 Å². The summed E-state index contributed by atoms with van der Waals surface area (Å²) in [6.07, 6.45) is 2.24. The van der Waals surface area contributed by atoms with Crippen molar-refractivity contribution in [2.75, 3.05) is 31.6 Å². The molecule has 0 bridgehead atoms. The molecule has 2 amide bonds. The molecule has 0 aliphatic heterocycles. The van der Waals surface area contributed by atoms with Gasteiger partial charge in [-0.25, -0.2) is 12.8 Å². The Morgan fingerprint density at radius 2 is 1.71 bits per heavy atom. The van der Waals surface area contributed by atoms with E-state index in [0.717, 1.165) is 29.5 Å². The maximum Gasteiger partial charge on any atom is 0.244 e. The third-order valence-electron chi connectivity index (χ3n) is 9.44. The third-order valence-corrected chi connectivity index (χ3v) is 12.6. The van der Waals surface area contributed by atoms with E-state index in [1.807, 2.05) is 70.3 Å². The predicted molar refractivity (Wildman–Crippen MR) is 202 cm³/mol. The molecule has 3 aromatic carbocycles. The molecule has 0 radical (unpaired) electrons. The molecule has 1 saturated carbocycles. The van der Waals surface area contributed by atoms with Gasteiger partial charge in [-0.3, -0.25) is 14.9 Å². The van der Waals surface area contributed by atoms with Crippen molar-refractivity contribution in [1.82, 2.24) is 20.3 Å². The van der Waals surface area contributed by atoms with Gasteiger partial charge in [0.05, 0.1) is 23.6 Å². The van der Waals surface area contributed by atoms with Crippen LogP contribution in [0.25, 0.3) is 0 Å². The largest absolute Gasteiger partial charge is 0.398 e. The monoisotopic (exact) mass is 741 g/mol. The molecule has 0 heterocycles. The number of aliphatic hydroxyl groups excluding tert-OH is 1. The summed E-state index contributed by atoms with van der Waals surface area (Å²) in [6.45, 7) is 9.00. The van der Waals surface area contributed by atoms with Crippen LogP contribution >= 0.6 is 11.8 Å². The van der Waals surface area contributed by atoms with E-state index in [4.69, 9.17) is 5.73 Å². The summed E-state index contributed by atoms with van der Waals surface area (Å²) in [7, 11) is -4.07. The molecule has 1 aliphatic carbocycles. The molecule has 13 heteroatoms. The summed E-state index contributed by atoms with van der Waals surface area (Å²) in [4.78, 5) is 27.5. The van der Waals surface area contributed by atoms with E-state index >= 15 is 0 Å². The fourth-order valence-corrected chi connectivity index (χ4v) is 8.03. The van der Waals surface area contributed by atoms with Crippen LogP contribution in [0.4, 0.5) is 10.1 Å². The SMILES string of the molecule is CSC(C)(C)[C@H](NC(=O)CNC1(c2cccc(F)c2)CC1)C(=O)N[C@@H](Cc1ccccc1)[C@H](O)CN(CC(C)C)S(=O)(=O)c1ccc(C)c(N)c1. The lowest BCUT2D eigenvalue weighted by Crippen LogP contribution is -2.61. The molecule has 0 unspecified atom stereocenters. The number of sulfonamides is 1. The van der Waals surface area contributed by atoms with Gasteiger partial charge in [-0.2, -0.15) is 16.1 Å². The second-order valence-electron chi connectivity index (χ2n) is 14.4. The average Bonchev–Trinajstić information content (AvgIpc) is 3.88. The van der Waals surface area contributed by atoms with Gasteiger partial charge in [-0.1, -0.05) is 62.4 Å². The van der Waals surface area contributed by atoms with Crippen molar-refractivity contribution in [1.29, 1.82) is 0 Å². The van der Waals surface area contributed by atoms with Crippen molar-refractivity contribution in [3.8, 4) is 0 Å². The Labute approximate surface area is 306 Å². The number of hydrogen-bond acceptors (Lipinski definition) is 8. The topological polar surface area (TPSA) is 154 Å². The number of anilines is 1. The number of aryl methyl sites for hydroxylation is 1. The molecule has 0 spiro atoms. The van der Waals surface area contributed by atoms with E-state index in [-0.39, 0.29) is 42.7 Å². The van der Waals surface area contributed by atoms with Crippen LogP contribution in [0.3, 0.4) is 0 Å². The zero-order chi connectivity index (χ0) is 37.6. The van der Waals surface area contributed by atoms with Crippen molar-refractivity contribution >= 4 is 39.3 Å². The van der Waals surface area contributed by atoms with Crippen LogP contribution in [0.15, 0.2) is 77.7 Å². The van der Waals surface area contributed by atoms with Crippen LogP contribution in [0.5, 0.6) is 0 Å². The lowest BCUT2D eigenvalue weighted by Gasteiger charge is -2.35. The van der Waals surface area contributed by atoms with E-state index in [1.165, 1.54) is 40.3 Å². The van der Waals surface area contributed by atoms with Gasteiger partial charge >= 0.3 is 0 Å². The Bertz CT molecular complexity index is 1770. The number of thioether (sulfide) groups is 1. The second kappa shape index (κ2) is 16.9. The molecule has 1 fully saturated rings. The minimum atomic E-state index is -4.07. The first-order chi connectivity index (χ1) is 24.0. The molecule has 278 valence electrons. The third kappa shape index (κ3) is 10.5. The zero-order valence-corrected chi connectivity index (χ0v) is 31.9. The van der Waals surface area contributed by atoms with Gasteiger partial charge in [0.15, 0.2) is 0 Å². The minimum Gasteiger partial charge on any atom is -0.398 e. The molecule has 0 aromatic heterocycles. The maximum atomic E-state index is 14.2. The summed E-state index contributed by atoms with van der Waals surface area (Å²) in [5.74, 6) is -1.34. The van der Waals surface area contributed by atoms with Crippen molar-refractivity contribution in [3.05, 3.63) is 95.3 Å². The fourth-order valence-electron chi connectivity index (χ4n) is 5.97. The highest BCUT2D eigenvalue weighted by Crippen LogP contribution is 2.45. The maximum absolute atomic E-state index is 14.2. The second-order valence-corrected chi connectivity index (χ2v) is 17.8. The van der Waals surface area contributed by atoms with Crippen LogP contribution < -0.4 is 21.7 Å². The summed E-state index contributed by atoms with van der Waals surface area (Å²) < 4.78 is 42.2. The summed E-state index contributed by atoms with van der Waals surface area (Å²) >= 11 is 1.40. The lowest BCUT2D eigenvalue weighted by atomic mass is 9.97. The number of nitrogen functional groups attached to an aromatic ring is 1. The van der Waals surface area contributed by atoms with Gasteiger partial charge in [0, 0.05) is 29.1 Å². The number of hydrogen-bond donors (Lipinski definition) is 5. The summed E-state index contributed by atoms with van der Waals surface area (Å²) in [6, 6.07) is 18.3. The molecule has 10 nitrogen and oxygen atoms in total. The number of halogens is 1. The summed E-state index contributed by atoms with van der Waals surface area (Å²) in [5.41, 5.74) is 8.26. The van der Waals surface area contributed by atoms with Crippen molar-refractivity contribution < 1.29 is 27.5 Å². The van der Waals surface area contributed by atoms with E-state index in [2.05, 4.69) is 16.0 Å². The normalized spacial score (nSPS) is 16.0. The number of rotatable bonds is 18. The Kier molecular flexibility index (Phi) is 13.3. The zero-order valence-electron chi connectivity index (χ0n) is 30.3. The highest BCUT2D eigenvalue weighted by Gasteiger charge is 2.45. The standard InChI is InChI=1S/C38H52FN5O5S2/c1-25(2)23-44(51(48,49)30-16-15-26(3)31(40)21-30)24-33(45)32(19-27-11-8-7-9-12-27)42-36(47)35(37(4,5)50-6)43-34(46)22-41-38(17-18-38)28-13-10-14-29(39)20-28/h7-16,20-21,25,32-33,35,41,45H,17-19,22-24,40H2,1-6H3,(H,42,47)(H,43,46)/t32-,33+,35+/m0/s1. The molecule has 51 heavy (non-hydrogen) atoms. The van der Waals surface area contributed by atoms with Crippen LogP contribution in [0, 0.1) is 18.7 Å². The molecule has 3 aromatic rings. The molecule has 4 rings (SSSR count). The van der Waals surface area contributed by atoms with Crippen molar-refractivity contribution in [2.24, 2.45) is 5.92 Å². The number of aliphatic hydroxyl groups is 1. The Hall–Kier alpha value is -3.49. The predicted octanol–water partition coefficient (Wildman–Crippen LogP) is 4.36. The molecule has 1 aliphatic rings. The van der Waals surface area contributed by atoms with E-state index in [9.17, 15) is 27.5 Å². The van der Waals surface area contributed by atoms with Gasteiger partial charge in [-0.15, -0.1) is 0 Å². The van der Waals surface area contributed by atoms with Gasteiger partial charge < -0.3 is 21.5 Å². The molecule has 3 atom stereocenters. The first-order valence-electron chi connectivity index (χ1n) is 17.2. The molecule has 0 saturated heterocycles. The Morgan fingerprint density at radius 1 is 1.02 bits per heavy atom. The van der Waals surface area contributed by atoms with Crippen LogP contribution in [-0.4, -0.2) is 78.5 Å². The fraction of sp³-hybridized carbons (Fsp3) is 0.474. The minimum absolute atomic E-state index is 0.0191. The first kappa shape index (κ1) is 40.3. The quantitative estimate of drug-likeness (QED) is 0.121. The van der Waals surface area contributed by atoms with Crippen LogP contribution in [0.1, 0.15) is 57.2 Å². The number of amides is 2. The number of nitrogens with two attached hydrogens (primary N) is 1. The Balaban J connectivity index is 1.56. The van der Waals surface area contributed by atoms with Crippen molar-refractivity contribution in [3.63, 3.8) is 0 Å². The molecular formula is C38H52FN5O5S2. The van der Waals surface area contributed by atoms with Crippen molar-refractivity contribution in [2.45, 2.75) is 87.3 Å². The van der Waals surface area contributed by atoms with E-state index in [0.29, 0.717) is 5.69 Å². The first-order valence-corrected chi connectivity index (χ1v) is 19.9. The number of carbonyl (C=O) groups excluding carboxylic acids is 2. The van der Waals surface area contributed by atoms with Gasteiger partial charge in [0.1, 0.15) is 11.9 Å². The smallest absolute Gasteiger partial charge is 0.244 e. The van der Waals surface area contributed by atoms with E-state index < -0.39 is 50.3 Å². The highest BCUT2D eigenvalue weighted by molar-refractivity contribution is 8.00. The highest BCUT2D eigenvalue weighted by atomic mass is 32.2. The number of carbonyl (C=O) groups is 2. The number of nitrogens with one attached hydrogen (secondary N) is 3. The van der Waals surface area contributed by atoms with Gasteiger partial charge in [0.25, 0.3) is 0 Å². The average molecular weight is 742 g/mol. The summed E-state index contributed by atoms with van der Waals surface area (Å²) in [5, 5.41) is 20.9. The van der Waals surface area contributed by atoms with Gasteiger partial charge in [-0.05, 0) is 93.2 Å². The lowest BCUT2D eigenvalue weighted by molar-refractivity contribution is -0.130. The van der Waals surface area contributed by atoms with Gasteiger partial charge in [0.2, 0.25) is 21.8 Å². The van der Waals surface area contributed by atoms with Crippen LogP contribution in [0.2, 0.25) is 0 Å². The van der Waals surface area contributed by atoms with Crippen LogP contribution in [-0.2, 0) is 31.6 Å². The number of nitrogens with zero attached hydrogens (tertiary/aromatic N) is 1. The Morgan fingerprint density at radius 3 is 2.29 bits per heavy atom. The molecular weight excluding hydrogens is 690 g/mol. The number of benzene rings is 3.